The Labute approximate surface area is 193 Å². The summed E-state index contributed by atoms with van der Waals surface area (Å²) in [4.78, 5) is 14.9. The fourth-order valence-electron chi connectivity index (χ4n) is 4.47. The van der Waals surface area contributed by atoms with Crippen LogP contribution in [0.15, 0.2) is 47.1 Å². The van der Waals surface area contributed by atoms with E-state index in [1.54, 1.807) is 13.2 Å². The molecule has 7 nitrogen and oxygen atoms in total. The third kappa shape index (κ3) is 4.62. The molecule has 5 rings (SSSR count). The lowest BCUT2D eigenvalue weighted by Crippen LogP contribution is -2.38. The first-order valence-electron chi connectivity index (χ1n) is 11.4. The van der Waals surface area contributed by atoms with Crippen LogP contribution in [0.3, 0.4) is 0 Å². The Morgan fingerprint density at radius 1 is 1.09 bits per heavy atom. The van der Waals surface area contributed by atoms with Crippen molar-refractivity contribution in [3.05, 3.63) is 59.4 Å². The van der Waals surface area contributed by atoms with Crippen molar-refractivity contribution in [1.82, 2.24) is 4.90 Å². The molecule has 3 aromatic rings. The first kappa shape index (κ1) is 21.9. The Bertz CT molecular complexity index is 1120. The van der Waals surface area contributed by atoms with Crippen molar-refractivity contribution >= 4 is 16.8 Å². The van der Waals surface area contributed by atoms with Crippen LogP contribution in [0.2, 0.25) is 0 Å². The smallest absolute Gasteiger partial charge is 0.205 e. The molecule has 0 amide bonds. The van der Waals surface area contributed by atoms with Crippen LogP contribution in [0.1, 0.15) is 34.5 Å². The summed E-state index contributed by atoms with van der Waals surface area (Å²) in [5.74, 6) is 0.856. The van der Waals surface area contributed by atoms with Crippen molar-refractivity contribution in [2.24, 2.45) is 0 Å². The van der Waals surface area contributed by atoms with Crippen LogP contribution in [0.25, 0.3) is 11.0 Å². The number of ether oxygens (including phenoxy) is 4. The van der Waals surface area contributed by atoms with Gasteiger partial charge in [-0.15, -0.1) is 0 Å². The molecule has 0 N–H and O–H groups in total. The Balaban J connectivity index is 1.38. The molecule has 2 aromatic carbocycles. The van der Waals surface area contributed by atoms with Crippen molar-refractivity contribution in [2.75, 3.05) is 46.1 Å². The van der Waals surface area contributed by atoms with E-state index >= 15 is 0 Å². The molecule has 3 heterocycles. The van der Waals surface area contributed by atoms with Gasteiger partial charge in [-0.25, -0.2) is 0 Å². The number of rotatable bonds is 9. The minimum Gasteiger partial charge on any atom is -0.487 e. The van der Waals surface area contributed by atoms with Gasteiger partial charge in [0.2, 0.25) is 5.75 Å². The number of benzene rings is 2. The number of morpholine rings is 1. The summed E-state index contributed by atoms with van der Waals surface area (Å²) >= 11 is 0. The van der Waals surface area contributed by atoms with Gasteiger partial charge in [0.15, 0.2) is 17.1 Å². The number of hydrogen-bond acceptors (Lipinski definition) is 7. The van der Waals surface area contributed by atoms with Gasteiger partial charge in [0.25, 0.3) is 0 Å². The number of aryl methyl sites for hydroxylation is 1. The summed E-state index contributed by atoms with van der Waals surface area (Å²) < 4.78 is 29.5. The van der Waals surface area contributed by atoms with Crippen molar-refractivity contribution < 1.29 is 28.2 Å². The fourth-order valence-corrected chi connectivity index (χ4v) is 4.47. The lowest BCUT2D eigenvalue weighted by atomic mass is 9.99. The van der Waals surface area contributed by atoms with E-state index < -0.39 is 0 Å². The highest BCUT2D eigenvalue weighted by atomic mass is 16.6. The molecular formula is C26H29NO6. The quantitative estimate of drug-likeness (QED) is 0.357. The maximum absolute atomic E-state index is 12.6. The van der Waals surface area contributed by atoms with E-state index in [1.807, 2.05) is 31.2 Å². The van der Waals surface area contributed by atoms with Crippen molar-refractivity contribution in [2.45, 2.75) is 26.1 Å². The van der Waals surface area contributed by atoms with Gasteiger partial charge < -0.3 is 23.4 Å². The number of epoxide rings is 1. The number of nitrogens with zero attached hydrogens (tertiary/aromatic N) is 1. The Hall–Kier alpha value is -2.87. The average molecular weight is 452 g/mol. The highest BCUT2D eigenvalue weighted by Crippen LogP contribution is 2.45. The average Bonchev–Trinajstić information content (AvgIpc) is 3.44. The lowest BCUT2D eigenvalue weighted by molar-refractivity contribution is 0.0320. The molecule has 0 aliphatic carbocycles. The Morgan fingerprint density at radius 3 is 2.64 bits per heavy atom. The van der Waals surface area contributed by atoms with Crippen molar-refractivity contribution in [3.63, 3.8) is 0 Å². The second-order valence-corrected chi connectivity index (χ2v) is 8.50. The number of fused-ring (bicyclic) bond motifs is 1. The molecule has 174 valence electrons. The zero-order chi connectivity index (χ0) is 22.8. The normalized spacial score (nSPS) is 20.7. The van der Waals surface area contributed by atoms with E-state index in [-0.39, 0.29) is 18.0 Å². The number of hydrogen-bond donors (Lipinski definition) is 0. The number of furan rings is 1. The zero-order valence-electron chi connectivity index (χ0n) is 19.0. The molecule has 2 aliphatic rings. The number of Topliss-reactive ketones (excluding diaryl/α,β-unsaturated/α-hetero) is 1. The van der Waals surface area contributed by atoms with Crippen LogP contribution in [-0.2, 0) is 9.47 Å². The topological polar surface area (TPSA) is 73.7 Å². The molecular weight excluding hydrogens is 422 g/mol. The second kappa shape index (κ2) is 9.55. The SMILES string of the molecule is CC(=O)c1c(OCCN2CCOCC2)c(OCC2OC2c2ccccc2)c2occc2c1C. The van der Waals surface area contributed by atoms with Gasteiger partial charge in [0.1, 0.15) is 25.4 Å². The van der Waals surface area contributed by atoms with E-state index in [2.05, 4.69) is 17.0 Å². The summed E-state index contributed by atoms with van der Waals surface area (Å²) in [6, 6.07) is 12.0. The minimum absolute atomic E-state index is 0.0155. The van der Waals surface area contributed by atoms with Crippen LogP contribution in [0, 0.1) is 6.92 Å². The van der Waals surface area contributed by atoms with Crippen LogP contribution >= 0.6 is 0 Å². The van der Waals surface area contributed by atoms with E-state index in [4.69, 9.17) is 23.4 Å². The molecule has 0 bridgehead atoms. The van der Waals surface area contributed by atoms with E-state index in [9.17, 15) is 4.79 Å². The number of carbonyl (C=O) groups excluding carboxylic acids is 1. The molecule has 1 aromatic heterocycles. The van der Waals surface area contributed by atoms with Crippen molar-refractivity contribution in [1.29, 1.82) is 0 Å². The maximum Gasteiger partial charge on any atom is 0.205 e. The molecule has 2 unspecified atom stereocenters. The second-order valence-electron chi connectivity index (χ2n) is 8.50. The van der Waals surface area contributed by atoms with Crippen LogP contribution in [0.4, 0.5) is 0 Å². The predicted molar refractivity (Wildman–Crippen MR) is 123 cm³/mol. The summed E-state index contributed by atoms with van der Waals surface area (Å²) in [5.41, 5.74) is 3.10. The number of ketones is 1. The van der Waals surface area contributed by atoms with E-state index in [0.29, 0.717) is 35.9 Å². The standard InChI is InChI=1S/C26H29NO6/c1-17-20-8-12-30-24(20)26(32-16-21-23(33-21)19-6-4-3-5-7-19)25(22(17)18(2)28)31-15-11-27-9-13-29-14-10-27/h3-8,12,21,23H,9-11,13-16H2,1-2H3. The zero-order valence-corrected chi connectivity index (χ0v) is 19.0. The molecule has 2 aliphatic heterocycles. The number of carbonyl (C=O) groups is 1. The predicted octanol–water partition coefficient (Wildman–Crippen LogP) is 4.17. The summed E-state index contributed by atoms with van der Waals surface area (Å²) in [6.45, 7) is 8.22. The summed E-state index contributed by atoms with van der Waals surface area (Å²) in [5, 5.41) is 0.854. The van der Waals surface area contributed by atoms with Gasteiger partial charge >= 0.3 is 0 Å². The highest BCUT2D eigenvalue weighted by Gasteiger charge is 2.41. The fraction of sp³-hybridized carbons (Fsp3) is 0.423. The van der Waals surface area contributed by atoms with Crippen LogP contribution in [0.5, 0.6) is 11.5 Å². The largest absolute Gasteiger partial charge is 0.487 e. The van der Waals surface area contributed by atoms with Gasteiger partial charge in [0, 0.05) is 25.0 Å². The Kier molecular flexibility index (Phi) is 6.35. The molecule has 2 fully saturated rings. The molecule has 7 heteroatoms. The van der Waals surface area contributed by atoms with Gasteiger partial charge in [-0.3, -0.25) is 9.69 Å². The molecule has 0 spiro atoms. The van der Waals surface area contributed by atoms with Gasteiger partial charge in [-0.1, -0.05) is 30.3 Å². The molecule has 2 atom stereocenters. The third-order valence-electron chi connectivity index (χ3n) is 6.30. The van der Waals surface area contributed by atoms with E-state index in [0.717, 1.165) is 49.4 Å². The summed E-state index contributed by atoms with van der Waals surface area (Å²) in [7, 11) is 0. The first-order chi connectivity index (χ1) is 16.1. The van der Waals surface area contributed by atoms with Gasteiger partial charge in [0.05, 0.1) is 25.0 Å². The summed E-state index contributed by atoms with van der Waals surface area (Å²) in [6.07, 6.45) is 1.58. The lowest BCUT2D eigenvalue weighted by Gasteiger charge is -2.26. The maximum atomic E-state index is 12.6. The molecule has 0 radical (unpaired) electrons. The van der Waals surface area contributed by atoms with Gasteiger partial charge in [-0.05, 0) is 31.0 Å². The Morgan fingerprint density at radius 2 is 1.88 bits per heavy atom. The van der Waals surface area contributed by atoms with Crippen LogP contribution < -0.4 is 9.47 Å². The molecule has 2 saturated heterocycles. The van der Waals surface area contributed by atoms with Crippen LogP contribution in [-0.4, -0.2) is 62.8 Å². The van der Waals surface area contributed by atoms with Gasteiger partial charge in [-0.2, -0.15) is 0 Å². The van der Waals surface area contributed by atoms with Crippen molar-refractivity contribution in [3.8, 4) is 11.5 Å². The van der Waals surface area contributed by atoms with E-state index in [1.165, 1.54) is 0 Å². The highest BCUT2D eigenvalue weighted by molar-refractivity contribution is 6.05. The minimum atomic E-state index is -0.0633. The first-order valence-corrected chi connectivity index (χ1v) is 11.4. The molecule has 0 saturated carbocycles. The third-order valence-corrected chi connectivity index (χ3v) is 6.30. The molecule has 33 heavy (non-hydrogen) atoms. The monoisotopic (exact) mass is 451 g/mol.